The molecule has 0 aromatic carbocycles. The minimum absolute atomic E-state index is 0.0356. The van der Waals surface area contributed by atoms with E-state index in [1.165, 1.54) is 0 Å². The molecule has 1 aromatic heterocycles. The second-order valence-electron chi connectivity index (χ2n) is 3.77. The van der Waals surface area contributed by atoms with Gasteiger partial charge >= 0.3 is 5.97 Å². The third-order valence-electron chi connectivity index (χ3n) is 2.69. The third kappa shape index (κ3) is 2.46. The van der Waals surface area contributed by atoms with Crippen LogP contribution in [0.2, 0.25) is 0 Å². The molecule has 0 amide bonds. The van der Waals surface area contributed by atoms with Crippen molar-refractivity contribution in [2.75, 3.05) is 0 Å². The van der Waals surface area contributed by atoms with E-state index in [1.54, 1.807) is 24.5 Å². The Hall–Kier alpha value is -1.58. The maximum absolute atomic E-state index is 10.7. The lowest BCUT2D eigenvalue weighted by molar-refractivity contribution is -0.141. The average molecular weight is 207 g/mol. The van der Waals surface area contributed by atoms with E-state index in [2.05, 4.69) is 4.98 Å². The summed E-state index contributed by atoms with van der Waals surface area (Å²) in [5, 5.41) is 8.83. The van der Waals surface area contributed by atoms with Crippen molar-refractivity contribution >= 4 is 5.97 Å². The van der Waals surface area contributed by atoms with Gasteiger partial charge < -0.3 is 9.84 Å². The summed E-state index contributed by atoms with van der Waals surface area (Å²) >= 11 is 0. The van der Waals surface area contributed by atoms with Gasteiger partial charge in [0.15, 0.2) is 0 Å². The number of aromatic nitrogens is 1. The van der Waals surface area contributed by atoms with Crippen LogP contribution in [0.1, 0.15) is 19.3 Å². The van der Waals surface area contributed by atoms with Crippen LogP contribution in [0.25, 0.3) is 0 Å². The van der Waals surface area contributed by atoms with E-state index < -0.39 is 5.97 Å². The van der Waals surface area contributed by atoms with Crippen molar-refractivity contribution in [3.63, 3.8) is 0 Å². The summed E-state index contributed by atoms with van der Waals surface area (Å²) in [6.45, 7) is 0. The minimum Gasteiger partial charge on any atom is -0.490 e. The van der Waals surface area contributed by atoms with Crippen molar-refractivity contribution in [1.29, 1.82) is 0 Å². The lowest BCUT2D eigenvalue weighted by Crippen LogP contribution is -2.15. The van der Waals surface area contributed by atoms with Gasteiger partial charge in [0.2, 0.25) is 0 Å². The molecule has 0 saturated heterocycles. The number of hydrogen-bond donors (Lipinski definition) is 1. The van der Waals surface area contributed by atoms with Crippen molar-refractivity contribution in [1.82, 2.24) is 4.98 Å². The first-order valence-corrected chi connectivity index (χ1v) is 5.05. The zero-order chi connectivity index (χ0) is 10.7. The van der Waals surface area contributed by atoms with Crippen LogP contribution in [-0.4, -0.2) is 22.2 Å². The molecule has 2 atom stereocenters. The van der Waals surface area contributed by atoms with Crippen molar-refractivity contribution in [3.05, 3.63) is 24.5 Å². The fourth-order valence-corrected chi connectivity index (χ4v) is 1.88. The standard InChI is InChI=1S/C11H13NO3/c13-11(14)8-1-2-10(7-8)15-9-3-5-12-6-4-9/h3-6,8,10H,1-2,7H2,(H,13,14)/t8-,10-/m1/s1. The Morgan fingerprint density at radius 1 is 1.40 bits per heavy atom. The van der Waals surface area contributed by atoms with Crippen LogP contribution in [0.4, 0.5) is 0 Å². The zero-order valence-electron chi connectivity index (χ0n) is 8.30. The number of nitrogens with zero attached hydrogens (tertiary/aromatic N) is 1. The number of aliphatic carboxylic acids is 1. The Morgan fingerprint density at radius 3 is 2.73 bits per heavy atom. The molecule has 4 heteroatoms. The van der Waals surface area contributed by atoms with Crippen molar-refractivity contribution in [3.8, 4) is 5.75 Å². The van der Waals surface area contributed by atoms with Gasteiger partial charge in [-0.2, -0.15) is 0 Å². The highest BCUT2D eigenvalue weighted by Gasteiger charge is 2.30. The Morgan fingerprint density at radius 2 is 2.13 bits per heavy atom. The monoisotopic (exact) mass is 207 g/mol. The quantitative estimate of drug-likeness (QED) is 0.819. The summed E-state index contributed by atoms with van der Waals surface area (Å²) < 4.78 is 5.65. The zero-order valence-corrected chi connectivity index (χ0v) is 8.30. The van der Waals surface area contributed by atoms with Crippen molar-refractivity contribution in [2.24, 2.45) is 5.92 Å². The highest BCUT2D eigenvalue weighted by molar-refractivity contribution is 5.70. The molecule has 1 N–H and O–H groups in total. The van der Waals surface area contributed by atoms with Crippen molar-refractivity contribution < 1.29 is 14.6 Å². The number of carboxylic acid groups (broad SMARTS) is 1. The predicted molar refractivity (Wildman–Crippen MR) is 53.6 cm³/mol. The Balaban J connectivity index is 1.90. The topological polar surface area (TPSA) is 59.4 Å². The van der Waals surface area contributed by atoms with E-state index in [9.17, 15) is 4.79 Å². The maximum atomic E-state index is 10.7. The Labute approximate surface area is 87.9 Å². The van der Waals surface area contributed by atoms with Crippen LogP contribution in [0.5, 0.6) is 5.75 Å². The molecule has 0 unspecified atom stereocenters. The van der Waals surface area contributed by atoms with Crippen LogP contribution >= 0.6 is 0 Å². The van der Waals surface area contributed by atoms with E-state index in [1.807, 2.05) is 0 Å². The van der Waals surface area contributed by atoms with Gasteiger partial charge in [0.25, 0.3) is 0 Å². The maximum Gasteiger partial charge on any atom is 0.306 e. The van der Waals surface area contributed by atoms with Crippen LogP contribution in [0.3, 0.4) is 0 Å². The molecule has 1 heterocycles. The first kappa shape index (κ1) is 9.96. The summed E-state index contributed by atoms with van der Waals surface area (Å²) in [5.74, 6) is -0.186. The van der Waals surface area contributed by atoms with Crippen LogP contribution in [0, 0.1) is 5.92 Å². The largest absolute Gasteiger partial charge is 0.490 e. The van der Waals surface area contributed by atoms with Crippen LogP contribution in [0.15, 0.2) is 24.5 Å². The highest BCUT2D eigenvalue weighted by Crippen LogP contribution is 2.28. The Bertz CT molecular complexity index is 339. The first-order chi connectivity index (χ1) is 7.25. The van der Waals surface area contributed by atoms with E-state index >= 15 is 0 Å². The molecule has 15 heavy (non-hydrogen) atoms. The molecule has 2 rings (SSSR count). The van der Waals surface area contributed by atoms with Gasteiger partial charge in [-0.05, 0) is 31.4 Å². The first-order valence-electron chi connectivity index (χ1n) is 5.05. The third-order valence-corrected chi connectivity index (χ3v) is 2.69. The molecule has 80 valence electrons. The molecule has 0 spiro atoms. The lowest BCUT2D eigenvalue weighted by Gasteiger charge is -2.12. The van der Waals surface area contributed by atoms with E-state index in [0.717, 1.165) is 12.2 Å². The van der Waals surface area contributed by atoms with E-state index in [-0.39, 0.29) is 12.0 Å². The molecule has 0 bridgehead atoms. The van der Waals surface area contributed by atoms with Crippen LogP contribution < -0.4 is 4.74 Å². The average Bonchev–Trinajstić information content (AvgIpc) is 2.68. The van der Waals surface area contributed by atoms with E-state index in [4.69, 9.17) is 9.84 Å². The molecule has 1 aliphatic carbocycles. The summed E-state index contributed by atoms with van der Waals surface area (Å²) in [4.78, 5) is 14.6. The van der Waals surface area contributed by atoms with Gasteiger partial charge in [0, 0.05) is 12.4 Å². The SMILES string of the molecule is O=C(O)[C@@H]1CC[C@@H](Oc2ccncc2)C1. The molecule has 0 radical (unpaired) electrons. The van der Waals surface area contributed by atoms with Gasteiger partial charge in [-0.3, -0.25) is 9.78 Å². The fraction of sp³-hybridized carbons (Fsp3) is 0.455. The molecule has 1 saturated carbocycles. The van der Waals surface area contributed by atoms with Gasteiger partial charge in [0.05, 0.1) is 12.0 Å². The molecular formula is C11H13NO3. The summed E-state index contributed by atoms with van der Waals surface area (Å²) in [7, 11) is 0. The summed E-state index contributed by atoms with van der Waals surface area (Å²) in [6, 6.07) is 3.57. The second-order valence-corrected chi connectivity index (χ2v) is 3.77. The highest BCUT2D eigenvalue weighted by atomic mass is 16.5. The molecule has 0 aliphatic heterocycles. The minimum atomic E-state index is -0.712. The van der Waals surface area contributed by atoms with Gasteiger partial charge in [0.1, 0.15) is 5.75 Å². The van der Waals surface area contributed by atoms with Gasteiger partial charge in [-0.1, -0.05) is 0 Å². The number of carboxylic acids is 1. The molecule has 1 aromatic rings. The van der Waals surface area contributed by atoms with Crippen molar-refractivity contribution in [2.45, 2.75) is 25.4 Å². The second kappa shape index (κ2) is 4.29. The fourth-order valence-electron chi connectivity index (χ4n) is 1.88. The van der Waals surface area contributed by atoms with E-state index in [0.29, 0.717) is 12.8 Å². The number of pyridine rings is 1. The smallest absolute Gasteiger partial charge is 0.306 e. The summed E-state index contributed by atoms with van der Waals surface area (Å²) in [6.07, 6.45) is 5.51. The van der Waals surface area contributed by atoms with Gasteiger partial charge in [-0.25, -0.2) is 0 Å². The number of hydrogen-bond acceptors (Lipinski definition) is 3. The normalized spacial score (nSPS) is 25.1. The Kier molecular flexibility index (Phi) is 2.85. The molecule has 1 aliphatic rings. The molecular weight excluding hydrogens is 194 g/mol. The molecule has 4 nitrogen and oxygen atoms in total. The van der Waals surface area contributed by atoms with Crippen LogP contribution in [-0.2, 0) is 4.79 Å². The summed E-state index contributed by atoms with van der Waals surface area (Å²) in [5.41, 5.74) is 0. The molecule has 1 fully saturated rings. The predicted octanol–water partition coefficient (Wildman–Crippen LogP) is 1.71. The number of carbonyl (C=O) groups is 1. The number of rotatable bonds is 3. The lowest BCUT2D eigenvalue weighted by atomic mass is 10.1. The van der Waals surface area contributed by atoms with Gasteiger partial charge in [-0.15, -0.1) is 0 Å². The number of ether oxygens (including phenoxy) is 1.